The van der Waals surface area contributed by atoms with Gasteiger partial charge in [0.05, 0.1) is 22.4 Å². The molecule has 0 saturated carbocycles. The predicted molar refractivity (Wildman–Crippen MR) is 78.8 cm³/mol. The summed E-state index contributed by atoms with van der Waals surface area (Å²) in [5.41, 5.74) is 8.25. The highest BCUT2D eigenvalue weighted by molar-refractivity contribution is 9.11. The van der Waals surface area contributed by atoms with Gasteiger partial charge in [0.2, 0.25) is 0 Å². The van der Waals surface area contributed by atoms with Crippen LogP contribution in [-0.4, -0.2) is 9.78 Å². The molecular weight excluding hydrogens is 414 g/mol. The van der Waals surface area contributed by atoms with Crippen molar-refractivity contribution < 1.29 is 0 Å². The van der Waals surface area contributed by atoms with E-state index in [2.05, 4.69) is 52.9 Å². The van der Waals surface area contributed by atoms with Crippen LogP contribution in [0, 0.1) is 0 Å². The minimum Gasteiger partial charge on any atom is -0.319 e. The minimum absolute atomic E-state index is 0.217. The summed E-state index contributed by atoms with van der Waals surface area (Å²) >= 11 is 10.4. The lowest BCUT2D eigenvalue weighted by Gasteiger charge is -2.14. The lowest BCUT2D eigenvalue weighted by atomic mass is 10.1. The summed E-state index contributed by atoms with van der Waals surface area (Å²) in [7, 11) is 1.88. The molecule has 90 valence electrons. The zero-order valence-corrected chi connectivity index (χ0v) is 13.8. The highest BCUT2D eigenvalue weighted by Crippen LogP contribution is 2.29. The molecule has 1 unspecified atom stereocenters. The number of rotatable bonds is 2. The maximum atomic E-state index is 6.27. The van der Waals surface area contributed by atoms with Crippen LogP contribution in [0.25, 0.3) is 0 Å². The molecule has 2 rings (SSSR count). The Hall–Kier alpha value is -0.170. The van der Waals surface area contributed by atoms with E-state index in [0.717, 1.165) is 24.7 Å². The predicted octanol–water partition coefficient (Wildman–Crippen LogP) is 3.76. The van der Waals surface area contributed by atoms with Gasteiger partial charge in [0.25, 0.3) is 0 Å². The van der Waals surface area contributed by atoms with Crippen molar-refractivity contribution in [3.63, 3.8) is 0 Å². The Kier molecular flexibility index (Phi) is 4.07. The molecule has 17 heavy (non-hydrogen) atoms. The van der Waals surface area contributed by atoms with Crippen molar-refractivity contribution in [1.29, 1.82) is 0 Å². The Morgan fingerprint density at radius 3 is 2.24 bits per heavy atom. The smallest absolute Gasteiger partial charge is 0.0735 e. The Labute approximate surface area is 125 Å². The number of hydrogen-bond donors (Lipinski definition) is 1. The molecule has 1 aromatic heterocycles. The summed E-state index contributed by atoms with van der Waals surface area (Å²) in [6.07, 6.45) is 1.75. The zero-order chi connectivity index (χ0) is 12.6. The molecule has 0 saturated heterocycles. The van der Waals surface area contributed by atoms with Crippen molar-refractivity contribution in [3.8, 4) is 0 Å². The van der Waals surface area contributed by atoms with Gasteiger partial charge < -0.3 is 5.73 Å². The fourth-order valence-electron chi connectivity index (χ4n) is 1.68. The molecule has 0 amide bonds. The number of hydrogen-bond acceptors (Lipinski definition) is 2. The number of nitrogens with two attached hydrogens (primary N) is 1. The van der Waals surface area contributed by atoms with Crippen LogP contribution < -0.4 is 5.73 Å². The molecule has 1 heterocycles. The Morgan fingerprint density at radius 2 is 1.76 bits per heavy atom. The molecule has 0 radical (unpaired) electrons. The highest BCUT2D eigenvalue weighted by atomic mass is 79.9. The normalized spacial score (nSPS) is 12.8. The van der Waals surface area contributed by atoms with Crippen LogP contribution in [0.3, 0.4) is 0 Å². The van der Waals surface area contributed by atoms with Gasteiger partial charge in [-0.05, 0) is 39.7 Å². The highest BCUT2D eigenvalue weighted by Gasteiger charge is 2.17. The van der Waals surface area contributed by atoms with Crippen LogP contribution in [0.2, 0.25) is 0 Å². The van der Waals surface area contributed by atoms with Crippen molar-refractivity contribution in [2.45, 2.75) is 6.04 Å². The molecule has 6 heteroatoms. The molecule has 0 fully saturated rings. The molecule has 0 aliphatic heterocycles. The second-order valence-electron chi connectivity index (χ2n) is 3.68. The van der Waals surface area contributed by atoms with Gasteiger partial charge in [-0.3, -0.25) is 4.68 Å². The fraction of sp³-hybridized carbons (Fsp3) is 0.182. The number of halogens is 3. The van der Waals surface area contributed by atoms with E-state index in [1.807, 2.05) is 25.2 Å². The minimum atomic E-state index is -0.217. The quantitative estimate of drug-likeness (QED) is 0.799. The molecule has 2 aromatic rings. The molecule has 0 aliphatic rings. The fourth-order valence-corrected chi connectivity index (χ4v) is 3.61. The summed E-state index contributed by atoms with van der Waals surface area (Å²) in [6.45, 7) is 0. The van der Waals surface area contributed by atoms with E-state index >= 15 is 0 Å². The van der Waals surface area contributed by atoms with E-state index in [1.54, 1.807) is 10.9 Å². The summed E-state index contributed by atoms with van der Waals surface area (Å²) in [5, 5.41) is 4.17. The number of benzene rings is 1. The van der Waals surface area contributed by atoms with Crippen LogP contribution in [0.4, 0.5) is 0 Å². The number of nitrogens with zero attached hydrogens (tertiary/aromatic N) is 2. The molecule has 0 spiro atoms. The van der Waals surface area contributed by atoms with Gasteiger partial charge in [-0.2, -0.15) is 5.10 Å². The topological polar surface area (TPSA) is 43.8 Å². The second-order valence-corrected chi connectivity index (χ2v) is 6.37. The summed E-state index contributed by atoms with van der Waals surface area (Å²) in [5.74, 6) is 0. The number of aromatic nitrogens is 2. The third kappa shape index (κ3) is 2.81. The summed E-state index contributed by atoms with van der Waals surface area (Å²) < 4.78 is 4.69. The first-order chi connectivity index (χ1) is 7.99. The Morgan fingerprint density at radius 1 is 1.18 bits per heavy atom. The lowest BCUT2D eigenvalue weighted by molar-refractivity contribution is 0.671. The molecule has 0 bridgehead atoms. The number of aryl methyl sites for hydroxylation is 1. The first-order valence-corrected chi connectivity index (χ1v) is 7.26. The van der Waals surface area contributed by atoms with Gasteiger partial charge in [-0.1, -0.05) is 31.9 Å². The molecule has 3 nitrogen and oxygen atoms in total. The van der Waals surface area contributed by atoms with E-state index in [0.29, 0.717) is 0 Å². The first-order valence-electron chi connectivity index (χ1n) is 4.88. The molecular formula is C11H10Br3N3. The average molecular weight is 424 g/mol. The molecule has 0 aliphatic carbocycles. The summed E-state index contributed by atoms with van der Waals surface area (Å²) in [6, 6.07) is 5.78. The van der Waals surface area contributed by atoms with Crippen molar-refractivity contribution in [1.82, 2.24) is 9.78 Å². The van der Waals surface area contributed by atoms with Gasteiger partial charge >= 0.3 is 0 Å². The van der Waals surface area contributed by atoms with Crippen molar-refractivity contribution in [2.24, 2.45) is 12.8 Å². The Bertz CT molecular complexity index is 511. The molecule has 1 atom stereocenters. The third-order valence-electron chi connectivity index (χ3n) is 2.48. The van der Waals surface area contributed by atoms with Crippen molar-refractivity contribution in [3.05, 3.63) is 49.1 Å². The van der Waals surface area contributed by atoms with Gasteiger partial charge in [0.15, 0.2) is 0 Å². The third-order valence-corrected chi connectivity index (χ3v) is 4.00. The standard InChI is InChI=1S/C11H10Br3N3/c1-17-11(9(14)5-16-17)10(15)6-2-7(12)4-8(13)3-6/h2-5,10H,15H2,1H3. The van der Waals surface area contributed by atoms with Gasteiger partial charge in [0.1, 0.15) is 0 Å². The monoisotopic (exact) mass is 421 g/mol. The lowest BCUT2D eigenvalue weighted by Crippen LogP contribution is -2.16. The first kappa shape index (κ1) is 13.3. The van der Waals surface area contributed by atoms with Crippen LogP contribution in [0.1, 0.15) is 17.3 Å². The van der Waals surface area contributed by atoms with Crippen LogP contribution in [-0.2, 0) is 7.05 Å². The average Bonchev–Trinajstić information content (AvgIpc) is 2.56. The SMILES string of the molecule is Cn1ncc(Br)c1C(N)c1cc(Br)cc(Br)c1. The van der Waals surface area contributed by atoms with E-state index in [-0.39, 0.29) is 6.04 Å². The van der Waals surface area contributed by atoms with Gasteiger partial charge in [-0.25, -0.2) is 0 Å². The van der Waals surface area contributed by atoms with Crippen LogP contribution in [0.15, 0.2) is 37.8 Å². The van der Waals surface area contributed by atoms with E-state index in [9.17, 15) is 0 Å². The summed E-state index contributed by atoms with van der Waals surface area (Å²) in [4.78, 5) is 0. The second kappa shape index (κ2) is 5.22. The van der Waals surface area contributed by atoms with Gasteiger partial charge in [-0.15, -0.1) is 0 Å². The van der Waals surface area contributed by atoms with Gasteiger partial charge in [0, 0.05) is 16.0 Å². The van der Waals surface area contributed by atoms with E-state index < -0.39 is 0 Å². The van der Waals surface area contributed by atoms with Crippen molar-refractivity contribution >= 4 is 47.8 Å². The maximum Gasteiger partial charge on any atom is 0.0735 e. The van der Waals surface area contributed by atoms with E-state index in [4.69, 9.17) is 5.73 Å². The van der Waals surface area contributed by atoms with E-state index in [1.165, 1.54) is 0 Å². The largest absolute Gasteiger partial charge is 0.319 e. The maximum absolute atomic E-state index is 6.27. The van der Waals surface area contributed by atoms with Crippen LogP contribution in [0.5, 0.6) is 0 Å². The zero-order valence-electron chi connectivity index (χ0n) is 8.99. The Balaban J connectivity index is 2.47. The molecule has 2 N–H and O–H groups in total. The van der Waals surface area contributed by atoms with Crippen LogP contribution >= 0.6 is 47.8 Å². The van der Waals surface area contributed by atoms with Crippen molar-refractivity contribution in [2.75, 3.05) is 0 Å². The molecule has 1 aromatic carbocycles.